The third-order valence-corrected chi connectivity index (χ3v) is 4.44. The fraction of sp³-hybridized carbons (Fsp3) is 0.692. The van der Waals surface area contributed by atoms with Crippen LogP contribution in [0.4, 0.5) is 0 Å². The lowest BCUT2D eigenvalue weighted by Crippen LogP contribution is -2.39. The predicted octanol–water partition coefficient (Wildman–Crippen LogP) is 2.16. The minimum absolute atomic E-state index is 0.0991. The van der Waals surface area contributed by atoms with Gasteiger partial charge < -0.3 is 5.32 Å². The highest BCUT2D eigenvalue weighted by molar-refractivity contribution is 7.09. The van der Waals surface area contributed by atoms with Crippen molar-refractivity contribution in [2.45, 2.75) is 51.6 Å². The van der Waals surface area contributed by atoms with E-state index in [1.54, 1.807) is 11.3 Å². The number of nitrogens with one attached hydrogen (secondary N) is 2. The molecule has 18 heavy (non-hydrogen) atoms. The lowest BCUT2D eigenvalue weighted by molar-refractivity contribution is -0.121. The van der Waals surface area contributed by atoms with Crippen molar-refractivity contribution in [1.82, 2.24) is 15.6 Å². The van der Waals surface area contributed by atoms with Gasteiger partial charge in [-0.1, -0.05) is 12.8 Å². The van der Waals surface area contributed by atoms with Crippen molar-refractivity contribution in [2.75, 3.05) is 6.54 Å². The molecule has 2 rings (SSSR count). The minimum atomic E-state index is 0.0991. The largest absolute Gasteiger partial charge is 0.352 e. The van der Waals surface area contributed by atoms with E-state index in [0.717, 1.165) is 23.5 Å². The number of rotatable bonds is 5. The highest BCUT2D eigenvalue weighted by Crippen LogP contribution is 2.18. The molecule has 1 aromatic rings. The van der Waals surface area contributed by atoms with E-state index in [0.29, 0.717) is 12.6 Å². The normalized spacial score (nSPS) is 17.9. The zero-order chi connectivity index (χ0) is 13.0. The Hall–Kier alpha value is -0.940. The summed E-state index contributed by atoms with van der Waals surface area (Å²) >= 11 is 1.64. The third kappa shape index (κ3) is 3.78. The van der Waals surface area contributed by atoms with Crippen molar-refractivity contribution in [3.63, 3.8) is 0 Å². The molecule has 1 aliphatic rings. The number of thiazole rings is 1. The van der Waals surface area contributed by atoms with Crippen molar-refractivity contribution in [3.8, 4) is 0 Å². The molecular weight excluding hydrogens is 246 g/mol. The number of hydrogen-bond donors (Lipinski definition) is 2. The third-order valence-electron chi connectivity index (χ3n) is 3.30. The van der Waals surface area contributed by atoms with Gasteiger partial charge in [0.15, 0.2) is 0 Å². The Balaban J connectivity index is 1.71. The smallest absolute Gasteiger partial charge is 0.234 e. The lowest BCUT2D eigenvalue weighted by Gasteiger charge is -2.14. The van der Waals surface area contributed by atoms with Crippen LogP contribution in [0.25, 0.3) is 0 Å². The van der Waals surface area contributed by atoms with Crippen LogP contribution in [0.15, 0.2) is 5.38 Å². The molecule has 1 amide bonds. The zero-order valence-electron chi connectivity index (χ0n) is 11.0. The highest BCUT2D eigenvalue weighted by atomic mass is 32.1. The van der Waals surface area contributed by atoms with Gasteiger partial charge in [0.25, 0.3) is 0 Å². The Morgan fingerprint density at radius 2 is 2.28 bits per heavy atom. The maximum atomic E-state index is 11.7. The summed E-state index contributed by atoms with van der Waals surface area (Å²) in [6.07, 6.45) is 4.75. The van der Waals surface area contributed by atoms with Gasteiger partial charge in [0, 0.05) is 17.1 Å². The highest BCUT2D eigenvalue weighted by Gasteiger charge is 2.17. The van der Waals surface area contributed by atoms with Gasteiger partial charge in [-0.3, -0.25) is 10.1 Å². The lowest BCUT2D eigenvalue weighted by atomic mass is 10.2. The molecule has 1 fully saturated rings. The second-order valence-electron chi connectivity index (χ2n) is 4.98. The number of aryl methyl sites for hydroxylation is 1. The first-order valence-corrected chi connectivity index (χ1v) is 7.48. The molecule has 1 saturated carbocycles. The molecule has 4 nitrogen and oxygen atoms in total. The maximum absolute atomic E-state index is 11.7. The number of amides is 1. The van der Waals surface area contributed by atoms with Crippen LogP contribution in [-0.4, -0.2) is 23.5 Å². The molecule has 0 aliphatic heterocycles. The average molecular weight is 267 g/mol. The van der Waals surface area contributed by atoms with Crippen LogP contribution < -0.4 is 10.6 Å². The molecule has 1 unspecified atom stereocenters. The van der Waals surface area contributed by atoms with Gasteiger partial charge in [0.2, 0.25) is 5.91 Å². The van der Waals surface area contributed by atoms with Gasteiger partial charge in [-0.15, -0.1) is 11.3 Å². The summed E-state index contributed by atoms with van der Waals surface area (Å²) in [6, 6.07) is 0.537. The van der Waals surface area contributed by atoms with Gasteiger partial charge in [-0.2, -0.15) is 0 Å². The number of carbonyl (C=O) groups is 1. The van der Waals surface area contributed by atoms with E-state index < -0.39 is 0 Å². The van der Waals surface area contributed by atoms with Crippen LogP contribution in [0, 0.1) is 6.92 Å². The molecule has 1 aliphatic carbocycles. The van der Waals surface area contributed by atoms with E-state index >= 15 is 0 Å². The summed E-state index contributed by atoms with van der Waals surface area (Å²) < 4.78 is 0. The van der Waals surface area contributed by atoms with Gasteiger partial charge >= 0.3 is 0 Å². The van der Waals surface area contributed by atoms with E-state index in [2.05, 4.69) is 15.6 Å². The van der Waals surface area contributed by atoms with E-state index in [1.165, 1.54) is 12.8 Å². The minimum Gasteiger partial charge on any atom is -0.352 e. The Morgan fingerprint density at radius 3 is 2.89 bits per heavy atom. The Labute approximate surface area is 112 Å². The topological polar surface area (TPSA) is 54.0 Å². The van der Waals surface area contributed by atoms with Crippen LogP contribution in [0.1, 0.15) is 49.4 Å². The van der Waals surface area contributed by atoms with Crippen LogP contribution in [0.5, 0.6) is 0 Å². The first-order chi connectivity index (χ1) is 8.65. The first-order valence-electron chi connectivity index (χ1n) is 6.60. The first kappa shape index (κ1) is 13.5. The molecule has 0 spiro atoms. The van der Waals surface area contributed by atoms with Crippen molar-refractivity contribution >= 4 is 17.2 Å². The molecule has 0 bridgehead atoms. The van der Waals surface area contributed by atoms with Gasteiger partial charge in [0.1, 0.15) is 5.01 Å². The summed E-state index contributed by atoms with van der Waals surface area (Å²) in [5, 5.41) is 9.37. The summed E-state index contributed by atoms with van der Waals surface area (Å²) in [7, 11) is 0. The molecule has 0 saturated heterocycles. The molecule has 1 aromatic heterocycles. The van der Waals surface area contributed by atoms with Crippen LogP contribution >= 0.6 is 11.3 Å². The summed E-state index contributed by atoms with van der Waals surface area (Å²) in [4.78, 5) is 16.2. The summed E-state index contributed by atoms with van der Waals surface area (Å²) in [5.41, 5.74) is 1.04. The second kappa shape index (κ2) is 6.29. The number of nitrogens with zero attached hydrogens (tertiary/aromatic N) is 1. The van der Waals surface area contributed by atoms with Crippen molar-refractivity contribution in [1.29, 1.82) is 0 Å². The van der Waals surface area contributed by atoms with Crippen molar-refractivity contribution in [2.24, 2.45) is 0 Å². The fourth-order valence-electron chi connectivity index (χ4n) is 2.25. The molecular formula is C13H21N3OS. The average Bonchev–Trinajstić information content (AvgIpc) is 2.97. The van der Waals surface area contributed by atoms with Crippen LogP contribution in [0.2, 0.25) is 0 Å². The summed E-state index contributed by atoms with van der Waals surface area (Å²) in [5.74, 6) is 0.0991. The summed E-state index contributed by atoms with van der Waals surface area (Å²) in [6.45, 7) is 4.40. The second-order valence-corrected chi connectivity index (χ2v) is 5.87. The maximum Gasteiger partial charge on any atom is 0.234 e. The SMILES string of the molecule is Cc1csc(C(C)NCC(=O)NC2CCCC2)n1. The van der Waals surface area contributed by atoms with E-state index in [1.807, 2.05) is 19.2 Å². The number of hydrogen-bond acceptors (Lipinski definition) is 4. The van der Waals surface area contributed by atoms with Gasteiger partial charge in [-0.05, 0) is 26.7 Å². The van der Waals surface area contributed by atoms with Gasteiger partial charge in [-0.25, -0.2) is 4.98 Å². The molecule has 5 heteroatoms. The van der Waals surface area contributed by atoms with Crippen molar-refractivity contribution in [3.05, 3.63) is 16.1 Å². The number of carbonyl (C=O) groups excluding carboxylic acids is 1. The molecule has 1 heterocycles. The number of aromatic nitrogens is 1. The molecule has 2 N–H and O–H groups in total. The molecule has 1 atom stereocenters. The van der Waals surface area contributed by atoms with Gasteiger partial charge in [0.05, 0.1) is 12.6 Å². The molecule has 0 radical (unpaired) electrons. The predicted molar refractivity (Wildman–Crippen MR) is 73.7 cm³/mol. The van der Waals surface area contributed by atoms with E-state index in [-0.39, 0.29) is 11.9 Å². The van der Waals surface area contributed by atoms with E-state index in [9.17, 15) is 4.79 Å². The molecule has 0 aromatic carbocycles. The fourth-order valence-corrected chi connectivity index (χ4v) is 3.08. The standard InChI is InChI=1S/C13H21N3OS/c1-9-8-18-13(15-9)10(2)14-7-12(17)16-11-5-3-4-6-11/h8,10-11,14H,3-7H2,1-2H3,(H,16,17). The monoisotopic (exact) mass is 267 g/mol. The quantitative estimate of drug-likeness (QED) is 0.859. The Kier molecular flexibility index (Phi) is 4.72. The Bertz CT molecular complexity index is 399. The molecule has 100 valence electrons. The zero-order valence-corrected chi connectivity index (χ0v) is 11.8. The van der Waals surface area contributed by atoms with Crippen LogP contribution in [0.3, 0.4) is 0 Å². The van der Waals surface area contributed by atoms with Crippen molar-refractivity contribution < 1.29 is 4.79 Å². The van der Waals surface area contributed by atoms with Crippen LogP contribution in [-0.2, 0) is 4.79 Å². The Morgan fingerprint density at radius 1 is 1.56 bits per heavy atom. The van der Waals surface area contributed by atoms with E-state index in [4.69, 9.17) is 0 Å².